The first-order chi connectivity index (χ1) is 6.54. The predicted molar refractivity (Wildman–Crippen MR) is 61.6 cm³/mol. The maximum absolute atomic E-state index is 3.62. The van der Waals surface area contributed by atoms with Crippen molar-refractivity contribution in [3.05, 3.63) is 0 Å². The summed E-state index contributed by atoms with van der Waals surface area (Å²) >= 11 is 0. The van der Waals surface area contributed by atoms with E-state index >= 15 is 0 Å². The fraction of sp³-hybridized carbons (Fsp3) is 1.00. The lowest BCUT2D eigenvalue weighted by Gasteiger charge is -2.22. The molecule has 0 radical (unpaired) electrons. The van der Waals surface area contributed by atoms with Crippen molar-refractivity contribution in [2.45, 2.75) is 51.9 Å². The van der Waals surface area contributed by atoms with Crippen molar-refractivity contribution < 1.29 is 0 Å². The zero-order valence-corrected chi connectivity index (χ0v) is 10.2. The minimum atomic E-state index is 0.572. The van der Waals surface area contributed by atoms with Gasteiger partial charge in [-0.05, 0) is 20.9 Å². The van der Waals surface area contributed by atoms with E-state index in [9.17, 15) is 0 Å². The third kappa shape index (κ3) is 2.94. The molecular weight excluding hydrogens is 174 g/mol. The smallest absolute Gasteiger partial charge is 0.0363 e. The molecule has 0 aromatic carbocycles. The first-order valence-corrected chi connectivity index (χ1v) is 5.72. The van der Waals surface area contributed by atoms with Crippen molar-refractivity contribution >= 4 is 0 Å². The van der Waals surface area contributed by atoms with Crippen molar-refractivity contribution in [3.63, 3.8) is 0 Å². The van der Waals surface area contributed by atoms with E-state index in [1.165, 1.54) is 13.1 Å². The van der Waals surface area contributed by atoms with Gasteiger partial charge >= 0.3 is 0 Å². The van der Waals surface area contributed by atoms with Crippen LogP contribution in [0.5, 0.6) is 0 Å². The summed E-state index contributed by atoms with van der Waals surface area (Å²) < 4.78 is 0. The number of hydrogen-bond donors (Lipinski definition) is 2. The first-order valence-electron chi connectivity index (χ1n) is 5.72. The van der Waals surface area contributed by atoms with Crippen molar-refractivity contribution in [2.75, 3.05) is 20.1 Å². The largest absolute Gasteiger partial charge is 0.314 e. The van der Waals surface area contributed by atoms with Crippen molar-refractivity contribution in [2.24, 2.45) is 0 Å². The van der Waals surface area contributed by atoms with Crippen LogP contribution in [0.2, 0.25) is 0 Å². The van der Waals surface area contributed by atoms with Crippen LogP contribution in [0.4, 0.5) is 0 Å². The summed E-state index contributed by atoms with van der Waals surface area (Å²) in [6, 6.07) is 2.43. The van der Waals surface area contributed by atoms with Gasteiger partial charge in [-0.1, -0.05) is 13.8 Å². The monoisotopic (exact) mass is 199 g/mol. The molecule has 0 saturated carbocycles. The van der Waals surface area contributed by atoms with Gasteiger partial charge in [0.25, 0.3) is 0 Å². The minimum Gasteiger partial charge on any atom is -0.314 e. The highest BCUT2D eigenvalue weighted by Gasteiger charge is 2.32. The van der Waals surface area contributed by atoms with E-state index < -0.39 is 0 Å². The van der Waals surface area contributed by atoms with E-state index in [1.807, 2.05) is 0 Å². The molecule has 14 heavy (non-hydrogen) atoms. The van der Waals surface area contributed by atoms with Crippen LogP contribution in [0.15, 0.2) is 0 Å². The highest BCUT2D eigenvalue weighted by Crippen LogP contribution is 2.13. The van der Waals surface area contributed by atoms with Gasteiger partial charge in [0.05, 0.1) is 0 Å². The Bertz CT molecular complexity index is 168. The molecule has 1 saturated heterocycles. The maximum atomic E-state index is 3.62. The number of rotatable bonds is 4. The Hall–Kier alpha value is -0.120. The quantitative estimate of drug-likeness (QED) is 0.697. The zero-order valence-electron chi connectivity index (χ0n) is 10.2. The topological polar surface area (TPSA) is 27.3 Å². The Morgan fingerprint density at radius 3 is 2.07 bits per heavy atom. The van der Waals surface area contributed by atoms with Gasteiger partial charge in [0.15, 0.2) is 0 Å². The minimum absolute atomic E-state index is 0.572. The van der Waals surface area contributed by atoms with E-state index in [0.29, 0.717) is 24.2 Å². The molecule has 3 heteroatoms. The molecule has 1 aliphatic heterocycles. The fourth-order valence-electron chi connectivity index (χ4n) is 2.15. The van der Waals surface area contributed by atoms with Crippen LogP contribution in [0.25, 0.3) is 0 Å². The molecule has 84 valence electrons. The van der Waals surface area contributed by atoms with Gasteiger partial charge < -0.3 is 10.6 Å². The van der Waals surface area contributed by atoms with Crippen LogP contribution >= 0.6 is 0 Å². The second-order valence-corrected chi connectivity index (χ2v) is 4.87. The van der Waals surface area contributed by atoms with E-state index in [2.05, 4.69) is 50.3 Å². The third-order valence-corrected chi connectivity index (χ3v) is 3.00. The van der Waals surface area contributed by atoms with E-state index in [1.54, 1.807) is 0 Å². The molecule has 1 rings (SSSR count). The lowest BCUT2D eigenvalue weighted by atomic mass is 10.1. The van der Waals surface area contributed by atoms with Crippen LogP contribution in [0, 0.1) is 0 Å². The molecular formula is C11H25N3. The molecule has 2 atom stereocenters. The summed E-state index contributed by atoms with van der Waals surface area (Å²) in [7, 11) is 2.06. The SMILES string of the molecule is CN[C@@H]1CN(C(C)C)C[C@H]1NC(C)C. The summed E-state index contributed by atoms with van der Waals surface area (Å²) in [5.74, 6) is 0. The molecule has 1 aliphatic rings. The first kappa shape index (κ1) is 12.0. The fourth-order valence-corrected chi connectivity index (χ4v) is 2.15. The van der Waals surface area contributed by atoms with Crippen LogP contribution < -0.4 is 10.6 Å². The van der Waals surface area contributed by atoms with Gasteiger partial charge in [-0.25, -0.2) is 0 Å². The Balaban J connectivity index is 2.49. The second-order valence-electron chi connectivity index (χ2n) is 4.87. The number of likely N-dealkylation sites (N-methyl/N-ethyl adjacent to an activating group) is 1. The Kier molecular flexibility index (Phi) is 4.35. The average Bonchev–Trinajstić information content (AvgIpc) is 2.46. The standard InChI is InChI=1S/C11H25N3/c1-8(2)13-11-7-14(9(3)4)6-10(11)12-5/h8-13H,6-7H2,1-5H3/t10-,11-/m1/s1. The number of hydrogen-bond acceptors (Lipinski definition) is 3. The lowest BCUT2D eigenvalue weighted by molar-refractivity contribution is 0.264. The van der Waals surface area contributed by atoms with Crippen molar-refractivity contribution in [3.8, 4) is 0 Å². The number of nitrogens with zero attached hydrogens (tertiary/aromatic N) is 1. The van der Waals surface area contributed by atoms with Gasteiger partial charge in [-0.2, -0.15) is 0 Å². The molecule has 2 N–H and O–H groups in total. The highest BCUT2D eigenvalue weighted by molar-refractivity contribution is 4.94. The van der Waals surface area contributed by atoms with Crippen molar-refractivity contribution in [1.82, 2.24) is 15.5 Å². The molecule has 0 amide bonds. The Morgan fingerprint density at radius 1 is 1.07 bits per heavy atom. The van der Waals surface area contributed by atoms with E-state index in [-0.39, 0.29) is 0 Å². The predicted octanol–water partition coefficient (Wildman–Crippen LogP) is 0.665. The highest BCUT2D eigenvalue weighted by atomic mass is 15.3. The van der Waals surface area contributed by atoms with Gasteiger partial charge in [0.1, 0.15) is 0 Å². The Morgan fingerprint density at radius 2 is 1.64 bits per heavy atom. The summed E-state index contributed by atoms with van der Waals surface area (Å²) in [6.07, 6.45) is 0. The Labute approximate surface area is 88.2 Å². The van der Waals surface area contributed by atoms with E-state index in [4.69, 9.17) is 0 Å². The van der Waals surface area contributed by atoms with Gasteiger partial charge in [-0.15, -0.1) is 0 Å². The van der Waals surface area contributed by atoms with Crippen LogP contribution in [-0.2, 0) is 0 Å². The molecule has 0 spiro atoms. The molecule has 1 heterocycles. The average molecular weight is 199 g/mol. The molecule has 0 unspecified atom stereocenters. The normalized spacial score (nSPS) is 29.4. The number of nitrogens with one attached hydrogen (secondary N) is 2. The molecule has 1 fully saturated rings. The second kappa shape index (κ2) is 5.10. The zero-order chi connectivity index (χ0) is 10.7. The summed E-state index contributed by atoms with van der Waals surface area (Å²) in [4.78, 5) is 2.53. The summed E-state index contributed by atoms with van der Waals surface area (Å²) in [5, 5.41) is 7.02. The van der Waals surface area contributed by atoms with Crippen LogP contribution in [0.1, 0.15) is 27.7 Å². The summed E-state index contributed by atoms with van der Waals surface area (Å²) in [5.41, 5.74) is 0. The van der Waals surface area contributed by atoms with Gasteiger partial charge in [0, 0.05) is 37.3 Å². The van der Waals surface area contributed by atoms with Crippen LogP contribution in [-0.4, -0.2) is 49.2 Å². The molecule has 0 aliphatic carbocycles. The maximum Gasteiger partial charge on any atom is 0.0363 e. The molecule has 0 bridgehead atoms. The summed E-state index contributed by atoms with van der Waals surface area (Å²) in [6.45, 7) is 11.3. The molecule has 3 nitrogen and oxygen atoms in total. The number of likely N-dealkylation sites (tertiary alicyclic amines) is 1. The van der Waals surface area contributed by atoms with E-state index in [0.717, 1.165) is 0 Å². The van der Waals surface area contributed by atoms with Gasteiger partial charge in [-0.3, -0.25) is 4.90 Å². The van der Waals surface area contributed by atoms with Crippen LogP contribution in [0.3, 0.4) is 0 Å². The van der Waals surface area contributed by atoms with Crippen molar-refractivity contribution in [1.29, 1.82) is 0 Å². The molecule has 0 aromatic rings. The third-order valence-electron chi connectivity index (χ3n) is 3.00. The lowest BCUT2D eigenvalue weighted by Crippen LogP contribution is -2.48. The van der Waals surface area contributed by atoms with Gasteiger partial charge in [0.2, 0.25) is 0 Å². The molecule has 0 aromatic heterocycles.